The number of hydrogen-bond donors (Lipinski definition) is 4. The fourth-order valence-corrected chi connectivity index (χ4v) is 4.33. The quantitative estimate of drug-likeness (QED) is 0.339. The van der Waals surface area contributed by atoms with Gasteiger partial charge in [0.1, 0.15) is 24.4 Å². The second kappa shape index (κ2) is 13.4. The Morgan fingerprint density at radius 2 is 1.69 bits per heavy atom. The summed E-state index contributed by atoms with van der Waals surface area (Å²) < 4.78 is 16.6. The Morgan fingerprint density at radius 1 is 0.969 bits per heavy atom. The zero-order chi connectivity index (χ0) is 23.7. The summed E-state index contributed by atoms with van der Waals surface area (Å²) in [6.07, 6.45) is 1.83. The number of aryl methyl sites for hydroxylation is 1. The predicted octanol–water partition coefficient (Wildman–Crippen LogP) is 3.05. The Labute approximate surface area is 192 Å². The molecule has 1 aromatic rings. The van der Waals surface area contributed by atoms with Crippen LogP contribution >= 0.6 is 0 Å². The maximum Gasteiger partial charge on any atom is 0.229 e. The average molecular weight is 455 g/mol. The van der Waals surface area contributed by atoms with E-state index in [9.17, 15) is 20.4 Å². The largest absolute Gasteiger partial charge is 0.493 e. The molecule has 0 bridgehead atoms. The first-order valence-electron chi connectivity index (χ1n) is 11.9. The van der Waals surface area contributed by atoms with E-state index in [1.165, 1.54) is 32.1 Å². The second-order valence-corrected chi connectivity index (χ2v) is 9.28. The van der Waals surface area contributed by atoms with E-state index in [2.05, 4.69) is 20.8 Å². The van der Waals surface area contributed by atoms with Crippen LogP contribution in [0.2, 0.25) is 0 Å². The third-order valence-corrected chi connectivity index (χ3v) is 6.35. The first-order valence-corrected chi connectivity index (χ1v) is 11.9. The van der Waals surface area contributed by atoms with Crippen LogP contribution in [0.25, 0.3) is 0 Å². The highest BCUT2D eigenvalue weighted by atomic mass is 16.7. The predicted molar refractivity (Wildman–Crippen MR) is 123 cm³/mol. The molecule has 184 valence electrons. The lowest BCUT2D eigenvalue weighted by Crippen LogP contribution is -2.60. The molecule has 1 heterocycles. The molecule has 1 aliphatic heterocycles. The van der Waals surface area contributed by atoms with Gasteiger partial charge in [-0.15, -0.1) is 0 Å². The lowest BCUT2D eigenvalue weighted by Gasteiger charge is -2.39. The van der Waals surface area contributed by atoms with E-state index < -0.39 is 37.3 Å². The van der Waals surface area contributed by atoms with Crippen molar-refractivity contribution in [3.05, 3.63) is 23.8 Å². The first kappa shape index (κ1) is 26.9. The van der Waals surface area contributed by atoms with Crippen LogP contribution in [0.15, 0.2) is 18.2 Å². The number of hydrogen-bond acceptors (Lipinski definition) is 7. The maximum absolute atomic E-state index is 10.2. The van der Waals surface area contributed by atoms with Crippen LogP contribution in [0, 0.1) is 11.8 Å². The van der Waals surface area contributed by atoms with Gasteiger partial charge in [0.05, 0.1) is 13.7 Å². The molecule has 7 atom stereocenters. The van der Waals surface area contributed by atoms with E-state index in [-0.39, 0.29) is 0 Å². The summed E-state index contributed by atoms with van der Waals surface area (Å²) in [5.41, 5.74) is 1.13. The van der Waals surface area contributed by atoms with Crippen molar-refractivity contribution in [2.24, 2.45) is 11.8 Å². The van der Waals surface area contributed by atoms with Crippen molar-refractivity contribution in [2.45, 2.75) is 96.4 Å². The molecule has 0 radical (unpaired) electrons. The molecule has 1 aromatic carbocycles. The molecule has 2 rings (SSSR count). The number of aliphatic hydroxyl groups excluding tert-OH is 4. The maximum atomic E-state index is 10.2. The van der Waals surface area contributed by atoms with Crippen LogP contribution in [0.1, 0.15) is 64.9 Å². The number of benzene rings is 1. The minimum absolute atomic E-state index is 0.359. The number of rotatable bonds is 13. The number of unbranched alkanes of at least 4 members (excludes halogenated alkanes) is 2. The van der Waals surface area contributed by atoms with E-state index in [0.29, 0.717) is 17.4 Å². The summed E-state index contributed by atoms with van der Waals surface area (Å²) >= 11 is 0. The second-order valence-electron chi connectivity index (χ2n) is 9.28. The van der Waals surface area contributed by atoms with Crippen LogP contribution < -0.4 is 9.47 Å². The molecular weight excluding hydrogens is 412 g/mol. The zero-order valence-corrected chi connectivity index (χ0v) is 19.9. The van der Waals surface area contributed by atoms with Crippen LogP contribution in [0.5, 0.6) is 11.5 Å². The van der Waals surface area contributed by atoms with Gasteiger partial charge in [0.2, 0.25) is 6.29 Å². The fourth-order valence-electron chi connectivity index (χ4n) is 4.33. The summed E-state index contributed by atoms with van der Waals surface area (Å²) in [6, 6.07) is 5.63. The summed E-state index contributed by atoms with van der Waals surface area (Å²) in [5.74, 6) is 2.25. The van der Waals surface area contributed by atoms with Crippen LogP contribution in [0.3, 0.4) is 0 Å². The number of ether oxygens (including phenoxy) is 3. The van der Waals surface area contributed by atoms with E-state index in [1.54, 1.807) is 13.2 Å². The lowest BCUT2D eigenvalue weighted by atomic mass is 9.89. The van der Waals surface area contributed by atoms with Gasteiger partial charge in [-0.3, -0.25) is 0 Å². The van der Waals surface area contributed by atoms with Crippen molar-refractivity contribution in [3.8, 4) is 11.5 Å². The van der Waals surface area contributed by atoms with Crippen LogP contribution in [-0.4, -0.2) is 64.8 Å². The van der Waals surface area contributed by atoms with Crippen molar-refractivity contribution in [1.29, 1.82) is 0 Å². The molecule has 7 unspecified atom stereocenters. The molecule has 1 fully saturated rings. The Hall–Kier alpha value is -1.38. The Balaban J connectivity index is 1.93. The first-order chi connectivity index (χ1) is 15.3. The lowest BCUT2D eigenvalue weighted by molar-refractivity contribution is -0.277. The van der Waals surface area contributed by atoms with Gasteiger partial charge in [-0.25, -0.2) is 0 Å². The summed E-state index contributed by atoms with van der Waals surface area (Å²) in [6.45, 7) is 6.39. The molecule has 4 N–H and O–H groups in total. The third-order valence-electron chi connectivity index (χ3n) is 6.35. The van der Waals surface area contributed by atoms with Crippen molar-refractivity contribution in [3.63, 3.8) is 0 Å². The molecule has 0 spiro atoms. The average Bonchev–Trinajstić information content (AvgIpc) is 2.78. The van der Waals surface area contributed by atoms with Gasteiger partial charge < -0.3 is 34.6 Å². The summed E-state index contributed by atoms with van der Waals surface area (Å²) in [5, 5.41) is 39.4. The van der Waals surface area contributed by atoms with Crippen LogP contribution in [-0.2, 0) is 11.2 Å². The van der Waals surface area contributed by atoms with Gasteiger partial charge in [-0.1, -0.05) is 52.5 Å². The standard InChI is InChI=1S/C25H42O7/c1-5-6-7-8-16(2)13-17(3)9-10-18-11-12-19(20(14-18)30-4)31-25-24(29)23(28)22(27)21(15-26)32-25/h11-12,14,16-17,21-29H,5-10,13,15H2,1-4H3. The normalized spacial score (nSPS) is 27.7. The van der Waals surface area contributed by atoms with Crippen molar-refractivity contribution >= 4 is 0 Å². The van der Waals surface area contributed by atoms with Gasteiger partial charge in [0, 0.05) is 0 Å². The molecule has 7 heteroatoms. The molecule has 0 amide bonds. The molecule has 1 saturated heterocycles. The number of aliphatic hydroxyl groups is 4. The Bertz CT molecular complexity index is 666. The topological polar surface area (TPSA) is 109 Å². The third kappa shape index (κ3) is 7.59. The number of methoxy groups -OCH3 is 1. The Morgan fingerprint density at radius 3 is 2.34 bits per heavy atom. The molecular formula is C25H42O7. The molecule has 0 aliphatic carbocycles. The summed E-state index contributed by atoms with van der Waals surface area (Å²) in [7, 11) is 1.54. The van der Waals surface area contributed by atoms with Gasteiger partial charge in [0.25, 0.3) is 0 Å². The van der Waals surface area contributed by atoms with Gasteiger partial charge >= 0.3 is 0 Å². The van der Waals surface area contributed by atoms with E-state index in [1.807, 2.05) is 12.1 Å². The van der Waals surface area contributed by atoms with Gasteiger partial charge in [-0.05, 0) is 48.8 Å². The highest BCUT2D eigenvalue weighted by Gasteiger charge is 2.44. The molecule has 0 saturated carbocycles. The van der Waals surface area contributed by atoms with E-state index in [4.69, 9.17) is 14.2 Å². The summed E-state index contributed by atoms with van der Waals surface area (Å²) in [4.78, 5) is 0. The van der Waals surface area contributed by atoms with E-state index >= 15 is 0 Å². The Kier molecular flexibility index (Phi) is 11.2. The smallest absolute Gasteiger partial charge is 0.229 e. The van der Waals surface area contributed by atoms with E-state index in [0.717, 1.165) is 24.3 Å². The van der Waals surface area contributed by atoms with Crippen LogP contribution in [0.4, 0.5) is 0 Å². The minimum Gasteiger partial charge on any atom is -0.493 e. The van der Waals surface area contributed by atoms with Gasteiger partial charge in [0.15, 0.2) is 11.5 Å². The fraction of sp³-hybridized carbons (Fsp3) is 0.760. The van der Waals surface area contributed by atoms with Gasteiger partial charge in [-0.2, -0.15) is 0 Å². The zero-order valence-electron chi connectivity index (χ0n) is 19.9. The monoisotopic (exact) mass is 454 g/mol. The molecule has 32 heavy (non-hydrogen) atoms. The highest BCUT2D eigenvalue weighted by Crippen LogP contribution is 2.33. The van der Waals surface area contributed by atoms with Crippen molar-refractivity contribution in [1.82, 2.24) is 0 Å². The molecule has 0 aromatic heterocycles. The molecule has 7 nitrogen and oxygen atoms in total. The minimum atomic E-state index is -1.48. The molecule has 1 aliphatic rings. The SMILES string of the molecule is CCCCCC(C)CC(C)CCc1ccc(OC2OC(CO)C(O)C(O)C2O)c(OC)c1. The van der Waals surface area contributed by atoms with Crippen molar-refractivity contribution in [2.75, 3.05) is 13.7 Å². The van der Waals surface area contributed by atoms with Crippen molar-refractivity contribution < 1.29 is 34.6 Å². The highest BCUT2D eigenvalue weighted by molar-refractivity contribution is 5.43.